The van der Waals surface area contributed by atoms with Crippen molar-refractivity contribution < 1.29 is 0 Å². The zero-order chi connectivity index (χ0) is 11.4. The van der Waals surface area contributed by atoms with Gasteiger partial charge in [0.25, 0.3) is 0 Å². The van der Waals surface area contributed by atoms with E-state index in [1.165, 1.54) is 0 Å². The van der Waals surface area contributed by atoms with Gasteiger partial charge in [-0.2, -0.15) is 0 Å². The third kappa shape index (κ3) is 2.35. The highest BCUT2D eigenvalue weighted by Crippen LogP contribution is 2.22. The molecule has 1 aromatic carbocycles. The van der Waals surface area contributed by atoms with Gasteiger partial charge in [-0.3, -0.25) is 0 Å². The summed E-state index contributed by atoms with van der Waals surface area (Å²) in [5, 5.41) is 3.15. The Bertz CT molecular complexity index is 454. The number of nitrogens with zero attached hydrogens (tertiary/aromatic N) is 2. The van der Waals surface area contributed by atoms with Gasteiger partial charge in [0.15, 0.2) is 0 Å². The molecule has 1 atom stereocenters. The first-order valence-electron chi connectivity index (χ1n) is 5.16. The summed E-state index contributed by atoms with van der Waals surface area (Å²) in [6.45, 7) is 1.95. The van der Waals surface area contributed by atoms with Gasteiger partial charge in [-0.05, 0) is 24.6 Å². The van der Waals surface area contributed by atoms with E-state index >= 15 is 0 Å². The molecule has 4 heteroatoms. The Balaban J connectivity index is 2.28. The molecule has 2 aromatic rings. The van der Waals surface area contributed by atoms with Crippen molar-refractivity contribution in [3.8, 4) is 0 Å². The van der Waals surface area contributed by atoms with Gasteiger partial charge < -0.3 is 11.1 Å². The maximum absolute atomic E-state index is 5.89. The highest BCUT2D eigenvalue weighted by molar-refractivity contribution is 5.59. The molecule has 1 aromatic heterocycles. The summed E-state index contributed by atoms with van der Waals surface area (Å²) in [5.74, 6) is 0.579. The monoisotopic (exact) mass is 214 g/mol. The maximum atomic E-state index is 5.89. The van der Waals surface area contributed by atoms with Crippen molar-refractivity contribution in [1.29, 1.82) is 0 Å². The summed E-state index contributed by atoms with van der Waals surface area (Å²) in [6.07, 6.45) is 3.40. The number of benzene rings is 1. The van der Waals surface area contributed by atoms with Crippen molar-refractivity contribution in [1.82, 2.24) is 9.97 Å². The fraction of sp³-hybridized carbons (Fsp3) is 0.167. The van der Waals surface area contributed by atoms with Gasteiger partial charge in [-0.1, -0.05) is 18.2 Å². The molecule has 0 amide bonds. The van der Waals surface area contributed by atoms with Crippen LogP contribution >= 0.6 is 0 Å². The number of rotatable bonds is 3. The molecule has 2 rings (SSSR count). The zero-order valence-corrected chi connectivity index (χ0v) is 9.09. The highest BCUT2D eigenvalue weighted by Gasteiger charge is 2.06. The lowest BCUT2D eigenvalue weighted by molar-refractivity contribution is 0.820. The first-order chi connectivity index (χ1) is 7.77. The van der Waals surface area contributed by atoms with E-state index in [1.807, 2.05) is 31.2 Å². The molecule has 0 radical (unpaired) electrons. The number of para-hydroxylation sites is 1. The molecule has 0 bridgehead atoms. The van der Waals surface area contributed by atoms with Crippen LogP contribution in [-0.4, -0.2) is 9.97 Å². The molecule has 1 heterocycles. The quantitative estimate of drug-likeness (QED) is 0.822. The average molecular weight is 214 g/mol. The van der Waals surface area contributed by atoms with Crippen LogP contribution in [0.4, 0.5) is 11.6 Å². The van der Waals surface area contributed by atoms with E-state index in [-0.39, 0.29) is 6.04 Å². The third-order valence-corrected chi connectivity index (χ3v) is 2.26. The average Bonchev–Trinajstić information content (AvgIpc) is 2.31. The number of anilines is 2. The smallest absolute Gasteiger partial charge is 0.227 e. The Morgan fingerprint density at radius 3 is 2.50 bits per heavy atom. The fourth-order valence-electron chi connectivity index (χ4n) is 1.49. The largest absolute Gasteiger partial charge is 0.324 e. The number of hydrogen-bond donors (Lipinski definition) is 2. The minimum Gasteiger partial charge on any atom is -0.324 e. The Kier molecular flexibility index (Phi) is 3.12. The summed E-state index contributed by atoms with van der Waals surface area (Å²) in [5.41, 5.74) is 7.89. The topological polar surface area (TPSA) is 63.8 Å². The second kappa shape index (κ2) is 4.72. The lowest BCUT2D eigenvalue weighted by Crippen LogP contribution is -2.08. The molecule has 0 fully saturated rings. The van der Waals surface area contributed by atoms with Crippen molar-refractivity contribution in [2.24, 2.45) is 5.73 Å². The minimum absolute atomic E-state index is 0.0209. The predicted octanol–water partition coefficient (Wildman–Crippen LogP) is 2.24. The van der Waals surface area contributed by atoms with Crippen LogP contribution in [0.15, 0.2) is 42.7 Å². The van der Waals surface area contributed by atoms with Crippen molar-refractivity contribution in [3.05, 3.63) is 48.3 Å². The molecule has 0 aliphatic carbocycles. The minimum atomic E-state index is -0.0209. The van der Waals surface area contributed by atoms with Gasteiger partial charge in [0.05, 0.1) is 0 Å². The SMILES string of the molecule is CC(N)c1ccccc1Nc1ncccn1. The third-order valence-electron chi connectivity index (χ3n) is 2.26. The second-order valence-corrected chi connectivity index (χ2v) is 3.57. The lowest BCUT2D eigenvalue weighted by Gasteiger charge is -2.12. The Hall–Kier alpha value is -1.94. The standard InChI is InChI=1S/C12H14N4/c1-9(13)10-5-2-3-6-11(10)16-12-14-7-4-8-15-12/h2-9H,13H2,1H3,(H,14,15,16). The van der Waals surface area contributed by atoms with Crippen LogP contribution in [0.25, 0.3) is 0 Å². The number of nitrogens with two attached hydrogens (primary N) is 1. The summed E-state index contributed by atoms with van der Waals surface area (Å²) < 4.78 is 0. The van der Waals surface area contributed by atoms with Crippen LogP contribution in [0.5, 0.6) is 0 Å². The van der Waals surface area contributed by atoms with Crippen LogP contribution in [0.1, 0.15) is 18.5 Å². The lowest BCUT2D eigenvalue weighted by atomic mass is 10.1. The molecule has 3 N–H and O–H groups in total. The molecule has 0 aliphatic rings. The molecule has 1 unspecified atom stereocenters. The Labute approximate surface area is 94.5 Å². The summed E-state index contributed by atoms with van der Waals surface area (Å²) in [7, 11) is 0. The second-order valence-electron chi connectivity index (χ2n) is 3.57. The predicted molar refractivity (Wildman–Crippen MR) is 64.4 cm³/mol. The van der Waals surface area contributed by atoms with E-state index in [0.717, 1.165) is 11.3 Å². The molecule has 4 nitrogen and oxygen atoms in total. The number of hydrogen-bond acceptors (Lipinski definition) is 4. The molecule has 0 spiro atoms. The van der Waals surface area contributed by atoms with Crippen molar-refractivity contribution in [3.63, 3.8) is 0 Å². The van der Waals surface area contributed by atoms with E-state index in [1.54, 1.807) is 18.5 Å². The van der Waals surface area contributed by atoms with Crippen molar-refractivity contribution in [2.45, 2.75) is 13.0 Å². The normalized spacial score (nSPS) is 12.1. The maximum Gasteiger partial charge on any atom is 0.227 e. The summed E-state index contributed by atoms with van der Waals surface area (Å²) in [4.78, 5) is 8.22. The van der Waals surface area contributed by atoms with Gasteiger partial charge in [0.1, 0.15) is 0 Å². The van der Waals surface area contributed by atoms with Gasteiger partial charge in [-0.15, -0.1) is 0 Å². The van der Waals surface area contributed by atoms with Crippen LogP contribution in [0.3, 0.4) is 0 Å². The van der Waals surface area contributed by atoms with Crippen LogP contribution < -0.4 is 11.1 Å². The molecule has 0 saturated heterocycles. The fourth-order valence-corrected chi connectivity index (χ4v) is 1.49. The van der Waals surface area contributed by atoms with Crippen molar-refractivity contribution in [2.75, 3.05) is 5.32 Å². The Morgan fingerprint density at radius 1 is 1.12 bits per heavy atom. The molecular weight excluding hydrogens is 200 g/mol. The Morgan fingerprint density at radius 2 is 1.81 bits per heavy atom. The highest BCUT2D eigenvalue weighted by atomic mass is 15.1. The summed E-state index contributed by atoms with van der Waals surface area (Å²) in [6, 6.07) is 9.65. The first kappa shape index (κ1) is 10.6. The van der Waals surface area contributed by atoms with Crippen LogP contribution in [0.2, 0.25) is 0 Å². The van der Waals surface area contributed by atoms with Gasteiger partial charge in [0.2, 0.25) is 5.95 Å². The van der Waals surface area contributed by atoms with E-state index in [2.05, 4.69) is 15.3 Å². The van der Waals surface area contributed by atoms with Crippen LogP contribution in [-0.2, 0) is 0 Å². The van der Waals surface area contributed by atoms with Gasteiger partial charge in [-0.25, -0.2) is 9.97 Å². The number of aromatic nitrogens is 2. The van der Waals surface area contributed by atoms with E-state index in [0.29, 0.717) is 5.95 Å². The zero-order valence-electron chi connectivity index (χ0n) is 9.09. The van der Waals surface area contributed by atoms with E-state index in [4.69, 9.17) is 5.73 Å². The molecule has 16 heavy (non-hydrogen) atoms. The van der Waals surface area contributed by atoms with Gasteiger partial charge >= 0.3 is 0 Å². The first-order valence-corrected chi connectivity index (χ1v) is 5.16. The number of nitrogens with one attached hydrogen (secondary N) is 1. The summed E-state index contributed by atoms with van der Waals surface area (Å²) >= 11 is 0. The molecule has 0 saturated carbocycles. The molecular formula is C12H14N4. The molecule has 0 aliphatic heterocycles. The van der Waals surface area contributed by atoms with E-state index < -0.39 is 0 Å². The van der Waals surface area contributed by atoms with Crippen LogP contribution in [0, 0.1) is 0 Å². The van der Waals surface area contributed by atoms with E-state index in [9.17, 15) is 0 Å². The molecule has 82 valence electrons. The van der Waals surface area contributed by atoms with Gasteiger partial charge in [0, 0.05) is 24.1 Å². The van der Waals surface area contributed by atoms with Crippen molar-refractivity contribution >= 4 is 11.6 Å².